The van der Waals surface area contributed by atoms with Crippen LogP contribution >= 0.6 is 0 Å². The molecule has 5 nitrogen and oxygen atoms in total. The van der Waals surface area contributed by atoms with Gasteiger partial charge in [-0.05, 0) is 24.6 Å². The maximum atomic E-state index is 10.7. The van der Waals surface area contributed by atoms with Crippen LogP contribution < -0.4 is 11.5 Å². The topological polar surface area (TPSA) is 106 Å². The van der Waals surface area contributed by atoms with E-state index in [0.717, 1.165) is 6.07 Å². The molecule has 1 rings (SSSR count). The van der Waals surface area contributed by atoms with Gasteiger partial charge in [-0.2, -0.15) is 8.42 Å². The average molecular weight is 202 g/mol. The fraction of sp³-hybridized carbons (Fsp3) is 0.143. The third-order valence-electron chi connectivity index (χ3n) is 1.68. The Morgan fingerprint density at radius 1 is 1.23 bits per heavy atom. The summed E-state index contributed by atoms with van der Waals surface area (Å²) in [6.45, 7) is 1.69. The van der Waals surface area contributed by atoms with Crippen molar-refractivity contribution in [3.8, 4) is 0 Å². The molecule has 0 aromatic heterocycles. The Morgan fingerprint density at radius 3 is 2.23 bits per heavy atom. The van der Waals surface area contributed by atoms with E-state index in [4.69, 9.17) is 16.0 Å². The molecule has 0 saturated carbocycles. The normalized spacial score (nSPS) is 11.5. The van der Waals surface area contributed by atoms with Crippen LogP contribution in [0.4, 0.5) is 11.4 Å². The number of nitrogens with two attached hydrogens (primary N) is 2. The zero-order valence-corrected chi connectivity index (χ0v) is 7.80. The second kappa shape index (κ2) is 2.90. The van der Waals surface area contributed by atoms with E-state index in [1.165, 1.54) is 6.07 Å². The van der Waals surface area contributed by atoms with Crippen molar-refractivity contribution in [2.24, 2.45) is 0 Å². The number of anilines is 2. The van der Waals surface area contributed by atoms with Gasteiger partial charge in [0.25, 0.3) is 10.1 Å². The van der Waals surface area contributed by atoms with E-state index >= 15 is 0 Å². The first-order valence-electron chi connectivity index (χ1n) is 3.45. The predicted molar refractivity (Wildman–Crippen MR) is 49.8 cm³/mol. The van der Waals surface area contributed by atoms with Gasteiger partial charge in [0.1, 0.15) is 4.90 Å². The minimum Gasteiger partial charge on any atom is -0.398 e. The maximum absolute atomic E-state index is 10.7. The molecule has 0 amide bonds. The highest BCUT2D eigenvalue weighted by Gasteiger charge is 2.14. The highest BCUT2D eigenvalue weighted by molar-refractivity contribution is 7.86. The van der Waals surface area contributed by atoms with Crippen molar-refractivity contribution in [1.29, 1.82) is 0 Å². The first-order chi connectivity index (χ1) is 5.82. The van der Waals surface area contributed by atoms with Crippen LogP contribution in [0.25, 0.3) is 0 Å². The minimum atomic E-state index is -4.28. The average Bonchev–Trinajstić information content (AvgIpc) is 1.94. The van der Waals surface area contributed by atoms with E-state index in [2.05, 4.69) is 0 Å². The SMILES string of the molecule is Cc1cc(N)c(S(=O)(=O)O)cc1N. The highest BCUT2D eigenvalue weighted by Crippen LogP contribution is 2.23. The van der Waals surface area contributed by atoms with Crippen molar-refractivity contribution in [2.75, 3.05) is 11.5 Å². The molecule has 0 aliphatic rings. The lowest BCUT2D eigenvalue weighted by molar-refractivity contribution is 0.483. The highest BCUT2D eigenvalue weighted by atomic mass is 32.2. The number of hydrogen-bond donors (Lipinski definition) is 3. The number of benzene rings is 1. The number of rotatable bonds is 1. The van der Waals surface area contributed by atoms with E-state index in [1.54, 1.807) is 6.92 Å². The third kappa shape index (κ3) is 1.90. The zero-order chi connectivity index (χ0) is 10.2. The molecule has 0 heterocycles. The largest absolute Gasteiger partial charge is 0.398 e. The van der Waals surface area contributed by atoms with E-state index in [1.807, 2.05) is 0 Å². The van der Waals surface area contributed by atoms with Crippen LogP contribution in [0.5, 0.6) is 0 Å². The lowest BCUT2D eigenvalue weighted by Gasteiger charge is -2.05. The van der Waals surface area contributed by atoms with Crippen LogP contribution in [0.3, 0.4) is 0 Å². The Hall–Kier alpha value is -1.27. The summed E-state index contributed by atoms with van der Waals surface area (Å²) < 4.78 is 30.2. The summed E-state index contributed by atoms with van der Waals surface area (Å²) in [7, 11) is -4.28. The molecule has 0 saturated heterocycles. The van der Waals surface area contributed by atoms with Gasteiger partial charge in [-0.3, -0.25) is 4.55 Å². The summed E-state index contributed by atoms with van der Waals surface area (Å²) in [6.07, 6.45) is 0. The Balaban J connectivity index is 3.50. The fourth-order valence-corrected chi connectivity index (χ4v) is 1.58. The minimum absolute atomic E-state index is 0.00537. The number of aryl methyl sites for hydroxylation is 1. The molecule has 13 heavy (non-hydrogen) atoms. The van der Waals surface area contributed by atoms with E-state index in [-0.39, 0.29) is 16.3 Å². The fourth-order valence-electron chi connectivity index (χ4n) is 0.950. The van der Waals surface area contributed by atoms with Gasteiger partial charge < -0.3 is 11.5 Å². The maximum Gasteiger partial charge on any atom is 0.296 e. The number of hydrogen-bond acceptors (Lipinski definition) is 4. The molecule has 0 bridgehead atoms. The van der Waals surface area contributed by atoms with Gasteiger partial charge in [0, 0.05) is 5.69 Å². The van der Waals surface area contributed by atoms with E-state index < -0.39 is 10.1 Å². The molecular formula is C7H10N2O3S. The molecule has 0 aliphatic carbocycles. The molecule has 1 aromatic carbocycles. The van der Waals surface area contributed by atoms with Gasteiger partial charge in [-0.15, -0.1) is 0 Å². The van der Waals surface area contributed by atoms with Crippen LogP contribution in [0.2, 0.25) is 0 Å². The van der Waals surface area contributed by atoms with Crippen LogP contribution in [-0.2, 0) is 10.1 Å². The van der Waals surface area contributed by atoms with Crippen LogP contribution in [0.1, 0.15) is 5.56 Å². The predicted octanol–water partition coefficient (Wildman–Crippen LogP) is 0.406. The number of nitrogen functional groups attached to an aromatic ring is 2. The molecule has 0 atom stereocenters. The van der Waals surface area contributed by atoms with Gasteiger partial charge in [0.15, 0.2) is 0 Å². The smallest absolute Gasteiger partial charge is 0.296 e. The summed E-state index contributed by atoms with van der Waals surface area (Å²) in [4.78, 5) is -0.351. The molecular weight excluding hydrogens is 192 g/mol. The van der Waals surface area contributed by atoms with Gasteiger partial charge in [-0.25, -0.2) is 0 Å². The van der Waals surface area contributed by atoms with Crippen LogP contribution in [0.15, 0.2) is 17.0 Å². The first kappa shape index (κ1) is 9.82. The van der Waals surface area contributed by atoms with E-state index in [0.29, 0.717) is 5.56 Å². The van der Waals surface area contributed by atoms with Crippen LogP contribution in [0, 0.1) is 6.92 Å². The molecule has 0 unspecified atom stereocenters. The van der Waals surface area contributed by atoms with Gasteiger partial charge >= 0.3 is 0 Å². The molecule has 0 radical (unpaired) electrons. The van der Waals surface area contributed by atoms with Crippen molar-refractivity contribution in [3.63, 3.8) is 0 Å². The molecule has 0 spiro atoms. The summed E-state index contributed by atoms with van der Waals surface area (Å²) in [6, 6.07) is 2.54. The summed E-state index contributed by atoms with van der Waals surface area (Å²) in [5.74, 6) is 0. The quantitative estimate of drug-likeness (QED) is 0.451. The Morgan fingerprint density at radius 2 is 1.77 bits per heavy atom. The van der Waals surface area contributed by atoms with Gasteiger partial charge in [0.2, 0.25) is 0 Å². The van der Waals surface area contributed by atoms with Gasteiger partial charge in [0.05, 0.1) is 5.69 Å². The zero-order valence-electron chi connectivity index (χ0n) is 6.98. The Labute approximate surface area is 76.1 Å². The van der Waals surface area contributed by atoms with Gasteiger partial charge in [-0.1, -0.05) is 0 Å². The van der Waals surface area contributed by atoms with Crippen molar-refractivity contribution >= 4 is 21.5 Å². The van der Waals surface area contributed by atoms with Crippen molar-refractivity contribution in [2.45, 2.75) is 11.8 Å². The van der Waals surface area contributed by atoms with E-state index in [9.17, 15) is 8.42 Å². The second-order valence-electron chi connectivity index (χ2n) is 2.72. The van der Waals surface area contributed by atoms with Crippen molar-refractivity contribution < 1.29 is 13.0 Å². The third-order valence-corrected chi connectivity index (χ3v) is 2.59. The van der Waals surface area contributed by atoms with Crippen molar-refractivity contribution in [1.82, 2.24) is 0 Å². The second-order valence-corrected chi connectivity index (χ2v) is 4.11. The summed E-state index contributed by atoms with van der Waals surface area (Å²) in [5, 5.41) is 0. The standard InChI is InChI=1S/C7H10N2O3S/c1-4-2-6(9)7(3-5(4)8)13(10,11)12/h2-3H,8-9H2,1H3,(H,10,11,12). The van der Waals surface area contributed by atoms with Crippen molar-refractivity contribution in [3.05, 3.63) is 17.7 Å². The molecule has 6 heteroatoms. The summed E-state index contributed by atoms with van der Waals surface area (Å²) >= 11 is 0. The summed E-state index contributed by atoms with van der Waals surface area (Å²) in [5.41, 5.74) is 11.8. The Kier molecular flexibility index (Phi) is 2.19. The molecule has 0 fully saturated rings. The molecule has 72 valence electrons. The van der Waals surface area contributed by atoms with Crippen LogP contribution in [-0.4, -0.2) is 13.0 Å². The molecule has 0 aliphatic heterocycles. The molecule has 5 N–H and O–H groups in total. The first-order valence-corrected chi connectivity index (χ1v) is 4.89. The lowest BCUT2D eigenvalue weighted by Crippen LogP contribution is -2.05. The lowest BCUT2D eigenvalue weighted by atomic mass is 10.2. The molecule has 1 aromatic rings. The Bertz CT molecular complexity index is 439. The monoisotopic (exact) mass is 202 g/mol.